The quantitative estimate of drug-likeness (QED) is 0.546. The van der Waals surface area contributed by atoms with Crippen LogP contribution in [0.3, 0.4) is 0 Å². The first-order chi connectivity index (χ1) is 6.63. The predicted octanol–water partition coefficient (Wildman–Crippen LogP) is 0.0539. The fraction of sp³-hybridized carbons (Fsp3) is 0.900. The van der Waals surface area contributed by atoms with Gasteiger partial charge in [0.15, 0.2) is 0 Å². The van der Waals surface area contributed by atoms with Gasteiger partial charge >= 0.3 is 0 Å². The Morgan fingerprint density at radius 2 is 1.86 bits per heavy atom. The lowest BCUT2D eigenvalue weighted by molar-refractivity contribution is -0.118. The monoisotopic (exact) mass is 201 g/mol. The molecule has 0 saturated heterocycles. The molecule has 0 rings (SSSR count). The van der Waals surface area contributed by atoms with Gasteiger partial charge in [-0.15, -0.1) is 0 Å². The van der Waals surface area contributed by atoms with Gasteiger partial charge in [-0.05, 0) is 40.0 Å². The summed E-state index contributed by atoms with van der Waals surface area (Å²) in [7, 11) is 4.18. The van der Waals surface area contributed by atoms with E-state index >= 15 is 0 Å². The van der Waals surface area contributed by atoms with E-state index < -0.39 is 0 Å². The lowest BCUT2D eigenvalue weighted by atomic mass is 10.3. The molecule has 0 saturated carbocycles. The fourth-order valence-corrected chi connectivity index (χ4v) is 1.13. The van der Waals surface area contributed by atoms with Crippen LogP contribution in [0.2, 0.25) is 0 Å². The van der Waals surface area contributed by atoms with E-state index in [0.29, 0.717) is 0 Å². The number of unbranched alkanes of at least 4 members (excludes halogenated alkanes) is 1. The third-order valence-corrected chi connectivity index (χ3v) is 1.88. The van der Waals surface area contributed by atoms with Gasteiger partial charge in [0.1, 0.15) is 0 Å². The topological polar surface area (TPSA) is 44.4 Å². The molecule has 84 valence electrons. The Morgan fingerprint density at radius 1 is 1.14 bits per heavy atom. The molecule has 0 aromatic heterocycles. The van der Waals surface area contributed by atoms with Crippen molar-refractivity contribution < 1.29 is 4.79 Å². The molecule has 0 spiro atoms. The summed E-state index contributed by atoms with van der Waals surface area (Å²) in [5, 5.41) is 6.03. The van der Waals surface area contributed by atoms with Crippen molar-refractivity contribution in [2.24, 2.45) is 0 Å². The van der Waals surface area contributed by atoms with E-state index in [1.54, 1.807) is 0 Å². The van der Waals surface area contributed by atoms with Gasteiger partial charge in [-0.1, -0.05) is 0 Å². The number of nitrogens with one attached hydrogen (secondary N) is 2. The molecule has 0 heterocycles. The van der Waals surface area contributed by atoms with E-state index in [9.17, 15) is 4.79 Å². The minimum Gasteiger partial charge on any atom is -0.355 e. The van der Waals surface area contributed by atoms with Crippen LogP contribution in [0.5, 0.6) is 0 Å². The molecule has 14 heavy (non-hydrogen) atoms. The lowest BCUT2D eigenvalue weighted by Gasteiger charge is -2.09. The van der Waals surface area contributed by atoms with E-state index in [2.05, 4.69) is 29.6 Å². The zero-order chi connectivity index (χ0) is 10.8. The summed E-state index contributed by atoms with van der Waals surface area (Å²) in [5.74, 6) is 0.0411. The normalized spacial score (nSPS) is 10.6. The maximum Gasteiger partial charge on any atom is 0.216 e. The number of hydrogen-bond donors (Lipinski definition) is 2. The molecule has 4 nitrogen and oxygen atoms in total. The maximum absolute atomic E-state index is 10.5. The number of carbonyl (C=O) groups excluding carboxylic acids is 1. The molecule has 2 N–H and O–H groups in total. The van der Waals surface area contributed by atoms with Crippen LogP contribution >= 0.6 is 0 Å². The zero-order valence-electron chi connectivity index (χ0n) is 9.60. The summed E-state index contributed by atoms with van der Waals surface area (Å²) in [6.07, 6.45) is 2.42. The highest BCUT2D eigenvalue weighted by atomic mass is 16.1. The van der Waals surface area contributed by atoms with Crippen molar-refractivity contribution in [1.82, 2.24) is 15.5 Å². The van der Waals surface area contributed by atoms with Crippen molar-refractivity contribution in [2.45, 2.75) is 19.8 Å². The molecule has 0 bridgehead atoms. The minimum atomic E-state index is 0.0411. The molecule has 0 radical (unpaired) electrons. The number of nitrogens with zero attached hydrogens (tertiary/aromatic N) is 1. The lowest BCUT2D eigenvalue weighted by Crippen LogP contribution is -2.30. The van der Waals surface area contributed by atoms with Crippen molar-refractivity contribution in [1.29, 1.82) is 0 Å². The molecular formula is C10H23N3O. The second-order valence-electron chi connectivity index (χ2n) is 3.74. The second kappa shape index (κ2) is 8.97. The molecule has 0 aliphatic heterocycles. The van der Waals surface area contributed by atoms with Crippen LogP contribution < -0.4 is 10.6 Å². The van der Waals surface area contributed by atoms with E-state index in [0.717, 1.165) is 26.2 Å². The Hall–Kier alpha value is -0.610. The average Bonchev–Trinajstić information content (AvgIpc) is 2.08. The summed E-state index contributed by atoms with van der Waals surface area (Å²) in [5.41, 5.74) is 0. The molecular weight excluding hydrogens is 178 g/mol. The van der Waals surface area contributed by atoms with Crippen LogP contribution in [-0.2, 0) is 4.79 Å². The molecule has 0 aliphatic carbocycles. The Balaban J connectivity index is 2.96. The minimum absolute atomic E-state index is 0.0411. The summed E-state index contributed by atoms with van der Waals surface area (Å²) < 4.78 is 0. The predicted molar refractivity (Wildman–Crippen MR) is 59.3 cm³/mol. The van der Waals surface area contributed by atoms with E-state index in [1.807, 2.05) is 0 Å². The summed E-state index contributed by atoms with van der Waals surface area (Å²) in [6, 6.07) is 0. The number of amides is 1. The van der Waals surface area contributed by atoms with E-state index in [-0.39, 0.29) is 5.91 Å². The van der Waals surface area contributed by atoms with Gasteiger partial charge in [-0.3, -0.25) is 4.79 Å². The molecule has 0 aromatic rings. The van der Waals surface area contributed by atoms with Gasteiger partial charge in [0.2, 0.25) is 5.91 Å². The summed E-state index contributed by atoms with van der Waals surface area (Å²) in [4.78, 5) is 12.7. The van der Waals surface area contributed by atoms with Gasteiger partial charge in [0, 0.05) is 20.0 Å². The Bertz CT molecular complexity index is 148. The van der Waals surface area contributed by atoms with Crippen LogP contribution in [0.25, 0.3) is 0 Å². The number of carbonyl (C=O) groups is 1. The molecule has 0 aromatic carbocycles. The average molecular weight is 201 g/mol. The van der Waals surface area contributed by atoms with E-state index in [1.165, 1.54) is 19.8 Å². The van der Waals surface area contributed by atoms with Gasteiger partial charge in [-0.25, -0.2) is 0 Å². The highest BCUT2D eigenvalue weighted by Gasteiger charge is 1.92. The van der Waals surface area contributed by atoms with Gasteiger partial charge in [0.05, 0.1) is 0 Å². The Kier molecular flexibility index (Phi) is 8.57. The van der Waals surface area contributed by atoms with Crippen molar-refractivity contribution in [3.63, 3.8) is 0 Å². The van der Waals surface area contributed by atoms with Crippen LogP contribution in [-0.4, -0.2) is 51.1 Å². The standard InChI is InChI=1S/C10H23N3O/c1-10(14)12-8-7-11-6-4-5-9-13(2)3/h11H,4-9H2,1-3H3,(H,12,14). The van der Waals surface area contributed by atoms with Gasteiger partial charge < -0.3 is 15.5 Å². The first-order valence-electron chi connectivity index (χ1n) is 5.23. The van der Waals surface area contributed by atoms with E-state index in [4.69, 9.17) is 0 Å². The molecule has 0 fully saturated rings. The number of hydrogen-bond acceptors (Lipinski definition) is 3. The molecule has 4 heteroatoms. The molecule has 0 unspecified atom stereocenters. The van der Waals surface area contributed by atoms with Crippen molar-refractivity contribution in [3.8, 4) is 0 Å². The summed E-state index contributed by atoms with van der Waals surface area (Å²) in [6.45, 7) is 5.31. The smallest absolute Gasteiger partial charge is 0.216 e. The molecule has 0 aliphatic rings. The van der Waals surface area contributed by atoms with Crippen molar-refractivity contribution in [2.75, 3.05) is 40.3 Å². The van der Waals surface area contributed by atoms with Crippen molar-refractivity contribution >= 4 is 5.91 Å². The zero-order valence-corrected chi connectivity index (χ0v) is 9.60. The largest absolute Gasteiger partial charge is 0.355 e. The first kappa shape index (κ1) is 13.4. The first-order valence-corrected chi connectivity index (χ1v) is 5.23. The van der Waals surface area contributed by atoms with Gasteiger partial charge in [-0.2, -0.15) is 0 Å². The van der Waals surface area contributed by atoms with Crippen LogP contribution in [0.4, 0.5) is 0 Å². The highest BCUT2D eigenvalue weighted by Crippen LogP contribution is 1.88. The third-order valence-electron chi connectivity index (χ3n) is 1.88. The van der Waals surface area contributed by atoms with Gasteiger partial charge in [0.25, 0.3) is 0 Å². The Labute approximate surface area is 87.0 Å². The van der Waals surface area contributed by atoms with Crippen LogP contribution in [0, 0.1) is 0 Å². The second-order valence-corrected chi connectivity index (χ2v) is 3.74. The third kappa shape index (κ3) is 11.4. The maximum atomic E-state index is 10.5. The fourth-order valence-electron chi connectivity index (χ4n) is 1.13. The molecule has 1 amide bonds. The molecule has 0 atom stereocenters. The highest BCUT2D eigenvalue weighted by molar-refractivity contribution is 5.72. The Morgan fingerprint density at radius 3 is 2.43 bits per heavy atom. The van der Waals surface area contributed by atoms with Crippen LogP contribution in [0.15, 0.2) is 0 Å². The summed E-state index contributed by atoms with van der Waals surface area (Å²) >= 11 is 0. The number of rotatable bonds is 8. The SMILES string of the molecule is CC(=O)NCCNCCCCN(C)C. The van der Waals surface area contributed by atoms with Crippen LogP contribution in [0.1, 0.15) is 19.8 Å². The van der Waals surface area contributed by atoms with Crippen molar-refractivity contribution in [3.05, 3.63) is 0 Å².